The molecule has 100 valence electrons. The first-order valence-electron chi connectivity index (χ1n) is 6.35. The topological polar surface area (TPSA) is 55.1 Å². The van der Waals surface area contributed by atoms with Crippen LogP contribution in [0, 0.1) is 13.8 Å². The van der Waals surface area contributed by atoms with E-state index in [-0.39, 0.29) is 0 Å². The summed E-state index contributed by atoms with van der Waals surface area (Å²) >= 11 is 0. The Morgan fingerprint density at radius 2 is 2.00 bits per heavy atom. The summed E-state index contributed by atoms with van der Waals surface area (Å²) in [6.07, 6.45) is 1.76. The van der Waals surface area contributed by atoms with Crippen molar-refractivity contribution in [2.75, 3.05) is 0 Å². The van der Waals surface area contributed by atoms with Crippen LogP contribution in [0.25, 0.3) is 16.6 Å². The summed E-state index contributed by atoms with van der Waals surface area (Å²) in [5.41, 5.74) is 3.86. The van der Waals surface area contributed by atoms with Crippen molar-refractivity contribution in [1.29, 1.82) is 0 Å². The summed E-state index contributed by atoms with van der Waals surface area (Å²) in [6.45, 7) is 3.73. The maximum atomic E-state index is 11.2. The lowest BCUT2D eigenvalue weighted by atomic mass is 10.2. The molecule has 3 rings (SSSR count). The highest BCUT2D eigenvalue weighted by molar-refractivity contribution is 5.90. The van der Waals surface area contributed by atoms with Crippen LogP contribution < -0.4 is 0 Å². The maximum Gasteiger partial charge on any atom is 0.337 e. The van der Waals surface area contributed by atoms with Gasteiger partial charge in [0.1, 0.15) is 0 Å². The molecule has 1 aromatic carbocycles. The molecule has 2 aromatic heterocycles. The van der Waals surface area contributed by atoms with Crippen LogP contribution >= 0.6 is 0 Å². The number of fused-ring (bicyclic) bond motifs is 1. The van der Waals surface area contributed by atoms with E-state index in [2.05, 4.69) is 4.98 Å². The molecule has 4 heteroatoms. The third-order valence-electron chi connectivity index (χ3n) is 3.51. The summed E-state index contributed by atoms with van der Waals surface area (Å²) in [6, 6.07) is 11.5. The number of rotatable bonds is 2. The lowest BCUT2D eigenvalue weighted by molar-refractivity contribution is 0.0696. The smallest absolute Gasteiger partial charge is 0.337 e. The summed E-state index contributed by atoms with van der Waals surface area (Å²) in [5.74, 6) is -0.896. The largest absolute Gasteiger partial charge is 0.478 e. The molecule has 0 saturated heterocycles. The van der Waals surface area contributed by atoms with Crippen molar-refractivity contribution in [3.05, 3.63) is 59.5 Å². The van der Waals surface area contributed by atoms with Crippen molar-refractivity contribution in [2.45, 2.75) is 13.8 Å². The fourth-order valence-corrected chi connectivity index (χ4v) is 2.58. The zero-order valence-corrected chi connectivity index (χ0v) is 11.3. The average Bonchev–Trinajstić information content (AvgIpc) is 2.74. The van der Waals surface area contributed by atoms with Crippen molar-refractivity contribution >= 4 is 16.9 Å². The second-order valence-corrected chi connectivity index (χ2v) is 4.81. The van der Waals surface area contributed by atoms with Crippen LogP contribution in [-0.2, 0) is 0 Å². The number of carbonyl (C=O) groups is 1. The minimum atomic E-state index is -0.896. The van der Waals surface area contributed by atoms with Gasteiger partial charge in [-0.05, 0) is 44.2 Å². The van der Waals surface area contributed by atoms with Gasteiger partial charge in [-0.3, -0.25) is 4.98 Å². The van der Waals surface area contributed by atoms with E-state index in [0.29, 0.717) is 5.56 Å². The van der Waals surface area contributed by atoms with Gasteiger partial charge in [-0.15, -0.1) is 0 Å². The number of pyridine rings is 1. The average molecular weight is 266 g/mol. The Morgan fingerprint density at radius 1 is 1.20 bits per heavy atom. The predicted molar refractivity (Wildman–Crippen MR) is 77.5 cm³/mol. The Hall–Kier alpha value is -2.62. The zero-order chi connectivity index (χ0) is 14.3. The molecule has 4 nitrogen and oxygen atoms in total. The van der Waals surface area contributed by atoms with Gasteiger partial charge in [0.2, 0.25) is 0 Å². The van der Waals surface area contributed by atoms with Crippen LogP contribution in [0.5, 0.6) is 0 Å². The van der Waals surface area contributed by atoms with E-state index in [0.717, 1.165) is 28.0 Å². The lowest BCUT2D eigenvalue weighted by Crippen LogP contribution is -2.02. The van der Waals surface area contributed by atoms with Gasteiger partial charge < -0.3 is 9.67 Å². The number of carboxylic acid groups (broad SMARTS) is 1. The number of aromatic carboxylic acids is 1. The van der Waals surface area contributed by atoms with Crippen LogP contribution in [0.2, 0.25) is 0 Å². The summed E-state index contributed by atoms with van der Waals surface area (Å²) in [4.78, 5) is 15.5. The molecule has 0 aliphatic carbocycles. The zero-order valence-electron chi connectivity index (χ0n) is 11.3. The van der Waals surface area contributed by atoms with Crippen LogP contribution in [0.15, 0.2) is 42.6 Å². The number of hydrogen-bond acceptors (Lipinski definition) is 2. The van der Waals surface area contributed by atoms with Crippen LogP contribution in [0.3, 0.4) is 0 Å². The fourth-order valence-electron chi connectivity index (χ4n) is 2.58. The maximum absolute atomic E-state index is 11.2. The number of hydrogen-bond donors (Lipinski definition) is 1. The number of aromatic nitrogens is 2. The van der Waals surface area contributed by atoms with Gasteiger partial charge in [-0.25, -0.2) is 4.79 Å². The Balaban J connectivity index is 2.23. The molecule has 0 radical (unpaired) electrons. The predicted octanol–water partition coefficient (Wildman–Crippen LogP) is 3.34. The molecular formula is C16H14N2O2. The fraction of sp³-hybridized carbons (Fsp3) is 0.125. The van der Waals surface area contributed by atoms with Crippen molar-refractivity contribution in [1.82, 2.24) is 9.55 Å². The molecule has 0 amide bonds. The van der Waals surface area contributed by atoms with E-state index in [1.54, 1.807) is 12.3 Å². The molecule has 0 fully saturated rings. The SMILES string of the molecule is Cc1cc(C(=O)O)c(C)n1-c1ccc2ncccc2c1. The summed E-state index contributed by atoms with van der Waals surface area (Å²) < 4.78 is 1.95. The summed E-state index contributed by atoms with van der Waals surface area (Å²) in [7, 11) is 0. The van der Waals surface area contributed by atoms with Crippen LogP contribution in [0.4, 0.5) is 0 Å². The van der Waals surface area contributed by atoms with E-state index in [9.17, 15) is 9.90 Å². The van der Waals surface area contributed by atoms with Crippen molar-refractivity contribution in [3.63, 3.8) is 0 Å². The molecule has 0 bridgehead atoms. The number of carboxylic acids is 1. The van der Waals surface area contributed by atoms with E-state index >= 15 is 0 Å². The van der Waals surface area contributed by atoms with Gasteiger partial charge >= 0.3 is 5.97 Å². The van der Waals surface area contributed by atoms with Crippen LogP contribution in [-0.4, -0.2) is 20.6 Å². The van der Waals surface area contributed by atoms with E-state index in [1.165, 1.54) is 0 Å². The highest BCUT2D eigenvalue weighted by atomic mass is 16.4. The van der Waals surface area contributed by atoms with E-state index in [4.69, 9.17) is 0 Å². The first-order valence-corrected chi connectivity index (χ1v) is 6.35. The van der Waals surface area contributed by atoms with Gasteiger partial charge in [0.05, 0.1) is 11.1 Å². The molecule has 0 spiro atoms. The van der Waals surface area contributed by atoms with Crippen molar-refractivity contribution in [3.8, 4) is 5.69 Å². The summed E-state index contributed by atoms with van der Waals surface area (Å²) in [5, 5.41) is 10.2. The Morgan fingerprint density at radius 3 is 2.70 bits per heavy atom. The molecule has 0 aliphatic rings. The Bertz CT molecular complexity index is 818. The normalized spacial score (nSPS) is 10.9. The minimum Gasteiger partial charge on any atom is -0.478 e. The second-order valence-electron chi connectivity index (χ2n) is 4.81. The molecule has 2 heterocycles. The van der Waals surface area contributed by atoms with E-state index < -0.39 is 5.97 Å². The molecule has 3 aromatic rings. The van der Waals surface area contributed by atoms with Gasteiger partial charge in [0.25, 0.3) is 0 Å². The lowest BCUT2D eigenvalue weighted by Gasteiger charge is -2.10. The molecule has 0 atom stereocenters. The highest BCUT2D eigenvalue weighted by Gasteiger charge is 2.15. The third kappa shape index (κ3) is 1.86. The first-order chi connectivity index (χ1) is 9.58. The minimum absolute atomic E-state index is 0.341. The third-order valence-corrected chi connectivity index (χ3v) is 3.51. The van der Waals surface area contributed by atoms with Crippen LogP contribution in [0.1, 0.15) is 21.7 Å². The molecular weight excluding hydrogens is 252 g/mol. The molecule has 0 aliphatic heterocycles. The van der Waals surface area contributed by atoms with Gasteiger partial charge in [-0.1, -0.05) is 6.07 Å². The van der Waals surface area contributed by atoms with Gasteiger partial charge in [0.15, 0.2) is 0 Å². The highest BCUT2D eigenvalue weighted by Crippen LogP contribution is 2.23. The number of benzene rings is 1. The quantitative estimate of drug-likeness (QED) is 0.774. The van der Waals surface area contributed by atoms with E-state index in [1.807, 2.05) is 48.7 Å². The molecule has 1 N–H and O–H groups in total. The standard InChI is InChI=1S/C16H14N2O2/c1-10-8-14(16(19)20)11(2)18(10)13-5-6-15-12(9-13)4-3-7-17-15/h3-9H,1-2H3,(H,19,20). The number of aryl methyl sites for hydroxylation is 1. The molecule has 0 unspecified atom stereocenters. The van der Waals surface area contributed by atoms with Gasteiger partial charge in [-0.2, -0.15) is 0 Å². The second kappa shape index (κ2) is 4.49. The Kier molecular flexibility index (Phi) is 2.79. The number of nitrogens with zero attached hydrogens (tertiary/aromatic N) is 2. The Labute approximate surface area is 116 Å². The van der Waals surface area contributed by atoms with Crippen molar-refractivity contribution < 1.29 is 9.90 Å². The molecule has 0 saturated carbocycles. The monoisotopic (exact) mass is 266 g/mol. The van der Waals surface area contributed by atoms with Crippen molar-refractivity contribution in [2.24, 2.45) is 0 Å². The molecule has 20 heavy (non-hydrogen) atoms. The van der Waals surface area contributed by atoms with Gasteiger partial charge in [0, 0.05) is 28.7 Å². The first kappa shape index (κ1) is 12.4.